The minimum Gasteiger partial charge on any atom is -0.432 e. The lowest BCUT2D eigenvalue weighted by molar-refractivity contribution is -0.132. The third-order valence-electron chi connectivity index (χ3n) is 0.487. The summed E-state index contributed by atoms with van der Waals surface area (Å²) in [5, 5.41) is 0. The third-order valence-corrected chi connectivity index (χ3v) is 0.487. The molecule has 0 aliphatic rings. The van der Waals surface area contributed by atoms with Crippen molar-refractivity contribution in [2.75, 3.05) is 0 Å². The highest BCUT2D eigenvalue weighted by molar-refractivity contribution is 5.81. The summed E-state index contributed by atoms with van der Waals surface area (Å²) in [6.45, 7) is 11.0. The number of carbonyl (C=O) groups excluding carboxylic acids is 1. The number of hydrogen-bond acceptors (Lipinski definition) is 2. The second kappa shape index (κ2) is 10.6. The van der Waals surface area contributed by atoms with Crippen molar-refractivity contribution in [3.05, 3.63) is 38.2 Å². The molecule has 0 aromatic rings. The van der Waals surface area contributed by atoms with Crippen molar-refractivity contribution in [3.8, 4) is 0 Å². The van der Waals surface area contributed by atoms with Gasteiger partial charge in [-0.2, -0.15) is 0 Å². The molecular formula is C8H12O2. The number of rotatable bonds is 2. The van der Waals surface area contributed by atoms with E-state index < -0.39 is 5.97 Å². The first kappa shape index (κ1) is 11.5. The van der Waals surface area contributed by atoms with E-state index in [1.165, 1.54) is 6.26 Å². The fraction of sp³-hybridized carbons (Fsp3) is 0.125. The van der Waals surface area contributed by atoms with Crippen LogP contribution < -0.4 is 0 Å². The topological polar surface area (TPSA) is 26.3 Å². The van der Waals surface area contributed by atoms with Crippen LogP contribution in [0, 0.1) is 0 Å². The Morgan fingerprint density at radius 3 is 2.30 bits per heavy atom. The molecular weight excluding hydrogens is 128 g/mol. The average molecular weight is 140 g/mol. The van der Waals surface area contributed by atoms with Gasteiger partial charge in [0, 0.05) is 6.08 Å². The van der Waals surface area contributed by atoms with Crippen molar-refractivity contribution in [2.24, 2.45) is 0 Å². The fourth-order valence-corrected chi connectivity index (χ4v) is 0.183. The van der Waals surface area contributed by atoms with E-state index in [0.29, 0.717) is 0 Å². The normalized spacial score (nSPS) is 7.70. The molecule has 0 aromatic carbocycles. The van der Waals surface area contributed by atoms with Crippen molar-refractivity contribution < 1.29 is 9.53 Å². The van der Waals surface area contributed by atoms with E-state index in [-0.39, 0.29) is 0 Å². The lowest BCUT2D eigenvalue weighted by atomic mass is 10.6. The van der Waals surface area contributed by atoms with Crippen LogP contribution in [-0.4, -0.2) is 5.97 Å². The molecule has 2 nitrogen and oxygen atoms in total. The van der Waals surface area contributed by atoms with Crippen LogP contribution in [0.5, 0.6) is 0 Å². The highest BCUT2D eigenvalue weighted by atomic mass is 16.5. The summed E-state index contributed by atoms with van der Waals surface area (Å²) in [6.07, 6.45) is 4.05. The predicted octanol–water partition coefficient (Wildman–Crippen LogP) is 2.05. The molecule has 2 heteroatoms. The summed E-state index contributed by atoms with van der Waals surface area (Å²) in [6, 6.07) is 0. The monoisotopic (exact) mass is 140 g/mol. The maximum Gasteiger partial charge on any atom is 0.334 e. The van der Waals surface area contributed by atoms with Crippen LogP contribution in [-0.2, 0) is 9.53 Å². The van der Waals surface area contributed by atoms with Gasteiger partial charge in [-0.25, -0.2) is 4.79 Å². The molecule has 0 saturated carbocycles. The van der Waals surface area contributed by atoms with Crippen molar-refractivity contribution in [1.82, 2.24) is 0 Å². The van der Waals surface area contributed by atoms with Gasteiger partial charge in [0.05, 0.1) is 6.26 Å². The highest BCUT2D eigenvalue weighted by Crippen LogP contribution is 1.78. The molecule has 0 unspecified atom stereocenters. The van der Waals surface area contributed by atoms with E-state index in [1.54, 1.807) is 13.0 Å². The first-order chi connectivity index (χ1) is 4.81. The van der Waals surface area contributed by atoms with Crippen LogP contribution in [0.25, 0.3) is 0 Å². The summed E-state index contributed by atoms with van der Waals surface area (Å²) in [5.41, 5.74) is 0. The smallest absolute Gasteiger partial charge is 0.334 e. The molecule has 0 rings (SSSR count). The standard InChI is InChI=1S/C6H8O2.C2H4/c1-3-5-8-6(7)4-2;1-2/h3-5H,2H2,1H3;1-2H2. The van der Waals surface area contributed by atoms with Crippen LogP contribution in [0.4, 0.5) is 0 Å². The molecule has 0 aliphatic heterocycles. The van der Waals surface area contributed by atoms with Gasteiger partial charge in [0.1, 0.15) is 0 Å². The van der Waals surface area contributed by atoms with Gasteiger partial charge in [-0.3, -0.25) is 0 Å². The Kier molecular flexibility index (Phi) is 12.2. The molecule has 10 heavy (non-hydrogen) atoms. The minimum atomic E-state index is -0.428. The average Bonchev–Trinajstić information content (AvgIpc) is 2.04. The predicted molar refractivity (Wildman–Crippen MR) is 42.4 cm³/mol. The largest absolute Gasteiger partial charge is 0.432 e. The lowest BCUT2D eigenvalue weighted by Crippen LogP contribution is -1.90. The summed E-state index contributed by atoms with van der Waals surface area (Å²) in [4.78, 5) is 10.2. The van der Waals surface area contributed by atoms with E-state index in [2.05, 4.69) is 24.5 Å². The van der Waals surface area contributed by atoms with Gasteiger partial charge in [-0.15, -0.1) is 13.2 Å². The Morgan fingerprint density at radius 2 is 2.00 bits per heavy atom. The Bertz CT molecular complexity index is 125. The summed E-state index contributed by atoms with van der Waals surface area (Å²) in [5.74, 6) is -0.428. The van der Waals surface area contributed by atoms with Gasteiger partial charge in [0.15, 0.2) is 0 Å². The summed E-state index contributed by atoms with van der Waals surface area (Å²) >= 11 is 0. The second-order valence-electron chi connectivity index (χ2n) is 1.11. The van der Waals surface area contributed by atoms with Gasteiger partial charge in [-0.05, 0) is 6.92 Å². The van der Waals surface area contributed by atoms with Gasteiger partial charge in [-0.1, -0.05) is 12.7 Å². The van der Waals surface area contributed by atoms with Gasteiger partial charge in [0.2, 0.25) is 0 Å². The Hall–Kier alpha value is -1.31. The lowest BCUT2D eigenvalue weighted by Gasteiger charge is -1.86. The van der Waals surface area contributed by atoms with Crippen LogP contribution in [0.2, 0.25) is 0 Å². The molecule has 0 aliphatic carbocycles. The number of hydrogen-bond donors (Lipinski definition) is 0. The fourth-order valence-electron chi connectivity index (χ4n) is 0.183. The number of allylic oxidation sites excluding steroid dienone is 1. The Balaban J connectivity index is 0. The third kappa shape index (κ3) is 9.85. The van der Waals surface area contributed by atoms with Gasteiger partial charge < -0.3 is 4.74 Å². The minimum absolute atomic E-state index is 0.428. The quantitative estimate of drug-likeness (QED) is 0.254. The van der Waals surface area contributed by atoms with Crippen molar-refractivity contribution in [2.45, 2.75) is 6.92 Å². The van der Waals surface area contributed by atoms with E-state index in [0.717, 1.165) is 6.08 Å². The van der Waals surface area contributed by atoms with Gasteiger partial charge >= 0.3 is 5.97 Å². The first-order valence-electron chi connectivity index (χ1n) is 2.75. The van der Waals surface area contributed by atoms with Crippen LogP contribution >= 0.6 is 0 Å². The molecule has 0 fully saturated rings. The van der Waals surface area contributed by atoms with E-state index in [9.17, 15) is 4.79 Å². The number of carbonyl (C=O) groups is 1. The van der Waals surface area contributed by atoms with Crippen molar-refractivity contribution >= 4 is 5.97 Å². The first-order valence-corrected chi connectivity index (χ1v) is 2.75. The number of ether oxygens (including phenoxy) is 1. The molecule has 0 heterocycles. The second-order valence-corrected chi connectivity index (χ2v) is 1.11. The maximum atomic E-state index is 10.2. The molecule has 0 spiro atoms. The molecule has 56 valence electrons. The van der Waals surface area contributed by atoms with E-state index in [1.807, 2.05) is 0 Å². The van der Waals surface area contributed by atoms with Gasteiger partial charge in [0.25, 0.3) is 0 Å². The Labute approximate surface area is 61.5 Å². The summed E-state index contributed by atoms with van der Waals surface area (Å²) < 4.78 is 4.40. The molecule has 0 bridgehead atoms. The zero-order chi connectivity index (χ0) is 8.41. The van der Waals surface area contributed by atoms with Crippen molar-refractivity contribution in [3.63, 3.8) is 0 Å². The molecule has 0 radical (unpaired) electrons. The molecule has 0 saturated heterocycles. The molecule has 0 N–H and O–H groups in total. The molecule has 0 aromatic heterocycles. The van der Waals surface area contributed by atoms with Crippen LogP contribution in [0.1, 0.15) is 6.92 Å². The van der Waals surface area contributed by atoms with E-state index >= 15 is 0 Å². The van der Waals surface area contributed by atoms with Crippen LogP contribution in [0.15, 0.2) is 38.2 Å². The SMILES string of the molecule is C=C.C=CC(=O)OC=CC. The highest BCUT2D eigenvalue weighted by Gasteiger charge is 1.85. The van der Waals surface area contributed by atoms with Crippen molar-refractivity contribution in [1.29, 1.82) is 0 Å². The maximum absolute atomic E-state index is 10.2. The summed E-state index contributed by atoms with van der Waals surface area (Å²) in [7, 11) is 0. The number of esters is 1. The zero-order valence-corrected chi connectivity index (χ0v) is 6.17. The van der Waals surface area contributed by atoms with Crippen LogP contribution in [0.3, 0.4) is 0 Å². The molecule has 0 amide bonds. The Morgan fingerprint density at radius 1 is 1.50 bits per heavy atom. The van der Waals surface area contributed by atoms with E-state index in [4.69, 9.17) is 0 Å². The molecule has 0 atom stereocenters. The zero-order valence-electron chi connectivity index (χ0n) is 6.17.